The highest BCUT2D eigenvalue weighted by Crippen LogP contribution is 2.38. The standard InChI is InChI=1S/C13H18O4/c1-15-11-8-10(6-4-5-7-14)9-12(16-2)13(11)17-3/h4-5,8-9,14H,6-7H2,1-3H3/b5-4+. The molecule has 4 heteroatoms. The molecule has 0 aliphatic rings. The average Bonchev–Trinajstić information content (AvgIpc) is 2.37. The first-order valence-electron chi connectivity index (χ1n) is 5.31. The fourth-order valence-corrected chi connectivity index (χ4v) is 1.55. The van der Waals surface area contributed by atoms with Crippen LogP contribution in [0.5, 0.6) is 17.2 Å². The van der Waals surface area contributed by atoms with E-state index in [2.05, 4.69) is 0 Å². The van der Waals surface area contributed by atoms with Crippen molar-refractivity contribution < 1.29 is 19.3 Å². The van der Waals surface area contributed by atoms with Crippen LogP contribution in [0.1, 0.15) is 5.56 Å². The second-order valence-electron chi connectivity index (χ2n) is 3.39. The molecule has 0 bridgehead atoms. The summed E-state index contributed by atoms with van der Waals surface area (Å²) in [6.07, 6.45) is 4.29. The molecule has 0 radical (unpaired) electrons. The molecule has 0 atom stereocenters. The van der Waals surface area contributed by atoms with Crippen molar-refractivity contribution in [3.05, 3.63) is 29.8 Å². The molecule has 0 saturated carbocycles. The van der Waals surface area contributed by atoms with Crippen molar-refractivity contribution in [2.75, 3.05) is 27.9 Å². The molecule has 0 saturated heterocycles. The van der Waals surface area contributed by atoms with Gasteiger partial charge in [-0.15, -0.1) is 0 Å². The van der Waals surface area contributed by atoms with Gasteiger partial charge in [-0.25, -0.2) is 0 Å². The van der Waals surface area contributed by atoms with Crippen molar-refractivity contribution in [3.8, 4) is 17.2 Å². The Hall–Kier alpha value is -1.68. The van der Waals surface area contributed by atoms with Gasteiger partial charge < -0.3 is 19.3 Å². The van der Waals surface area contributed by atoms with Crippen molar-refractivity contribution in [2.24, 2.45) is 0 Å². The van der Waals surface area contributed by atoms with E-state index >= 15 is 0 Å². The maximum Gasteiger partial charge on any atom is 0.203 e. The Morgan fingerprint density at radius 2 is 1.59 bits per heavy atom. The van der Waals surface area contributed by atoms with Gasteiger partial charge in [0, 0.05) is 0 Å². The van der Waals surface area contributed by atoms with Crippen LogP contribution in [0.15, 0.2) is 24.3 Å². The molecule has 94 valence electrons. The first-order chi connectivity index (χ1) is 8.26. The molecule has 0 heterocycles. The molecular formula is C13H18O4. The van der Waals surface area contributed by atoms with E-state index in [0.29, 0.717) is 23.7 Å². The zero-order valence-corrected chi connectivity index (χ0v) is 10.4. The SMILES string of the molecule is COc1cc(C/C=C/CO)cc(OC)c1OC. The molecule has 1 aromatic rings. The third-order valence-electron chi connectivity index (χ3n) is 2.35. The van der Waals surface area contributed by atoms with Gasteiger partial charge in [-0.3, -0.25) is 0 Å². The highest BCUT2D eigenvalue weighted by atomic mass is 16.5. The Kier molecular flexibility index (Phi) is 5.36. The Balaban J connectivity index is 3.04. The molecule has 1 aromatic carbocycles. The van der Waals surface area contributed by atoms with E-state index in [9.17, 15) is 0 Å². The van der Waals surface area contributed by atoms with Crippen molar-refractivity contribution >= 4 is 0 Å². The van der Waals surface area contributed by atoms with E-state index in [1.165, 1.54) is 0 Å². The number of aliphatic hydroxyl groups excluding tert-OH is 1. The van der Waals surface area contributed by atoms with E-state index < -0.39 is 0 Å². The molecule has 1 rings (SSSR count). The van der Waals surface area contributed by atoms with Crippen LogP contribution in [0.4, 0.5) is 0 Å². The van der Waals surface area contributed by atoms with Gasteiger partial charge in [0.1, 0.15) is 0 Å². The maximum atomic E-state index is 8.67. The summed E-state index contributed by atoms with van der Waals surface area (Å²) in [7, 11) is 4.75. The lowest BCUT2D eigenvalue weighted by Crippen LogP contribution is -1.96. The third-order valence-corrected chi connectivity index (χ3v) is 2.35. The molecule has 0 fully saturated rings. The van der Waals surface area contributed by atoms with Crippen molar-refractivity contribution in [3.63, 3.8) is 0 Å². The molecule has 0 aromatic heterocycles. The smallest absolute Gasteiger partial charge is 0.203 e. The second kappa shape index (κ2) is 6.81. The molecule has 0 amide bonds. The van der Waals surface area contributed by atoms with Crippen LogP contribution in [0.25, 0.3) is 0 Å². The summed E-state index contributed by atoms with van der Waals surface area (Å²) in [5.74, 6) is 1.86. The fraction of sp³-hybridized carbons (Fsp3) is 0.385. The summed E-state index contributed by atoms with van der Waals surface area (Å²) >= 11 is 0. The monoisotopic (exact) mass is 238 g/mol. The molecule has 0 aliphatic heterocycles. The lowest BCUT2D eigenvalue weighted by atomic mass is 10.1. The van der Waals surface area contributed by atoms with E-state index in [1.54, 1.807) is 27.4 Å². The first-order valence-corrected chi connectivity index (χ1v) is 5.31. The molecular weight excluding hydrogens is 220 g/mol. The van der Waals surface area contributed by atoms with E-state index in [4.69, 9.17) is 19.3 Å². The van der Waals surface area contributed by atoms with Gasteiger partial charge in [-0.2, -0.15) is 0 Å². The van der Waals surface area contributed by atoms with Crippen molar-refractivity contribution in [2.45, 2.75) is 6.42 Å². The maximum absolute atomic E-state index is 8.67. The molecule has 0 spiro atoms. The number of ether oxygens (including phenoxy) is 3. The number of rotatable bonds is 6. The van der Waals surface area contributed by atoms with Crippen LogP contribution >= 0.6 is 0 Å². The Labute approximate surface area is 101 Å². The summed E-state index contributed by atoms with van der Waals surface area (Å²) in [6, 6.07) is 3.78. The number of benzene rings is 1. The zero-order valence-electron chi connectivity index (χ0n) is 10.4. The predicted molar refractivity (Wildman–Crippen MR) is 66.0 cm³/mol. The Morgan fingerprint density at radius 1 is 1.00 bits per heavy atom. The summed E-state index contributed by atoms with van der Waals surface area (Å²) in [6.45, 7) is 0.0461. The van der Waals surface area contributed by atoms with Crippen LogP contribution in [0, 0.1) is 0 Å². The lowest BCUT2D eigenvalue weighted by molar-refractivity contribution is 0.324. The zero-order chi connectivity index (χ0) is 12.7. The summed E-state index contributed by atoms with van der Waals surface area (Å²) in [5.41, 5.74) is 1.03. The van der Waals surface area contributed by atoms with Gasteiger partial charge in [0.15, 0.2) is 11.5 Å². The minimum Gasteiger partial charge on any atom is -0.493 e. The number of methoxy groups -OCH3 is 3. The minimum atomic E-state index is 0.0461. The number of hydrogen-bond acceptors (Lipinski definition) is 4. The van der Waals surface area contributed by atoms with Crippen molar-refractivity contribution in [1.82, 2.24) is 0 Å². The van der Waals surface area contributed by atoms with E-state index in [-0.39, 0.29) is 6.61 Å². The molecule has 4 nitrogen and oxygen atoms in total. The topological polar surface area (TPSA) is 47.9 Å². The van der Waals surface area contributed by atoms with Gasteiger partial charge in [0.05, 0.1) is 27.9 Å². The highest BCUT2D eigenvalue weighted by Gasteiger charge is 2.12. The van der Waals surface area contributed by atoms with Gasteiger partial charge in [-0.1, -0.05) is 12.2 Å². The molecule has 1 N–H and O–H groups in total. The molecule has 0 aliphatic carbocycles. The Morgan fingerprint density at radius 3 is 2.00 bits per heavy atom. The quantitative estimate of drug-likeness (QED) is 0.768. The first kappa shape index (κ1) is 13.4. The Bertz CT molecular complexity index is 360. The summed E-state index contributed by atoms with van der Waals surface area (Å²) in [4.78, 5) is 0. The normalized spacial score (nSPS) is 10.6. The van der Waals surface area contributed by atoms with Gasteiger partial charge in [0.2, 0.25) is 5.75 Å². The van der Waals surface area contributed by atoms with Crippen molar-refractivity contribution in [1.29, 1.82) is 0 Å². The van der Waals surface area contributed by atoms with Gasteiger partial charge in [-0.05, 0) is 24.1 Å². The number of allylic oxidation sites excluding steroid dienone is 1. The van der Waals surface area contributed by atoms with Crippen LogP contribution in [0.2, 0.25) is 0 Å². The van der Waals surface area contributed by atoms with E-state index in [1.807, 2.05) is 18.2 Å². The summed E-state index contributed by atoms with van der Waals surface area (Å²) in [5, 5.41) is 8.67. The van der Waals surface area contributed by atoms with Crippen LogP contribution in [-0.2, 0) is 6.42 Å². The second-order valence-corrected chi connectivity index (χ2v) is 3.39. The third kappa shape index (κ3) is 3.39. The predicted octanol–water partition coefficient (Wildman–Crippen LogP) is 1.80. The number of hydrogen-bond donors (Lipinski definition) is 1. The van der Waals surface area contributed by atoms with Crippen LogP contribution in [0.3, 0.4) is 0 Å². The lowest BCUT2D eigenvalue weighted by Gasteiger charge is -2.13. The van der Waals surface area contributed by atoms with Gasteiger partial charge in [0.25, 0.3) is 0 Å². The molecule has 0 unspecified atom stereocenters. The molecule has 17 heavy (non-hydrogen) atoms. The van der Waals surface area contributed by atoms with Gasteiger partial charge >= 0.3 is 0 Å². The summed E-state index contributed by atoms with van der Waals surface area (Å²) < 4.78 is 15.7. The van der Waals surface area contributed by atoms with E-state index in [0.717, 1.165) is 5.56 Å². The largest absolute Gasteiger partial charge is 0.493 e. The fourth-order valence-electron chi connectivity index (χ4n) is 1.55. The minimum absolute atomic E-state index is 0.0461. The van der Waals surface area contributed by atoms with Crippen LogP contribution in [-0.4, -0.2) is 33.0 Å². The van der Waals surface area contributed by atoms with Crippen LogP contribution < -0.4 is 14.2 Å². The highest BCUT2D eigenvalue weighted by molar-refractivity contribution is 5.54. The number of aliphatic hydroxyl groups is 1. The average molecular weight is 238 g/mol.